The summed E-state index contributed by atoms with van der Waals surface area (Å²) in [5.74, 6) is -0.413. The molecule has 7 nitrogen and oxygen atoms in total. The van der Waals surface area contributed by atoms with Crippen molar-refractivity contribution in [3.05, 3.63) is 71.3 Å². The lowest BCUT2D eigenvalue weighted by atomic mass is 10.1. The fourth-order valence-corrected chi connectivity index (χ4v) is 4.72. The number of methoxy groups -OCH3 is 1. The van der Waals surface area contributed by atoms with Crippen LogP contribution in [0.25, 0.3) is 23.0 Å². The van der Waals surface area contributed by atoms with Crippen LogP contribution in [0, 0.1) is 0 Å². The van der Waals surface area contributed by atoms with Crippen molar-refractivity contribution in [2.75, 3.05) is 13.7 Å². The molecule has 168 valence electrons. The van der Waals surface area contributed by atoms with Crippen molar-refractivity contribution in [3.63, 3.8) is 0 Å². The first kappa shape index (κ1) is 22.8. The molecule has 0 saturated carbocycles. The summed E-state index contributed by atoms with van der Waals surface area (Å²) in [5.41, 5.74) is 3.21. The summed E-state index contributed by atoms with van der Waals surface area (Å²) in [6.45, 7) is 0.278. The molecule has 0 spiro atoms. The van der Waals surface area contributed by atoms with Crippen LogP contribution in [0.5, 0.6) is 5.75 Å². The number of nitrogens with zero attached hydrogens (tertiary/aromatic N) is 3. The first-order valence-corrected chi connectivity index (χ1v) is 11.5. The van der Waals surface area contributed by atoms with E-state index >= 15 is 0 Å². The third kappa shape index (κ3) is 5.15. The Kier molecular flexibility index (Phi) is 6.90. The number of carboxylic acid groups (broad SMARTS) is 1. The number of hydrogen-bond acceptors (Lipinski definition) is 6. The molecule has 1 fully saturated rings. The van der Waals surface area contributed by atoms with Crippen LogP contribution in [-0.4, -0.2) is 49.6 Å². The largest absolute Gasteiger partial charge is 0.497 e. The highest BCUT2D eigenvalue weighted by Gasteiger charge is 2.32. The minimum atomic E-state index is -0.896. The van der Waals surface area contributed by atoms with Crippen molar-refractivity contribution >= 4 is 46.3 Å². The summed E-state index contributed by atoms with van der Waals surface area (Å²) in [5, 5.41) is 13.7. The number of ether oxygens (including phenoxy) is 1. The number of benzene rings is 2. The minimum Gasteiger partial charge on any atom is -0.497 e. The Morgan fingerprint density at radius 3 is 2.73 bits per heavy atom. The van der Waals surface area contributed by atoms with Crippen LogP contribution in [0.3, 0.4) is 0 Å². The van der Waals surface area contributed by atoms with Gasteiger partial charge in [0.1, 0.15) is 15.8 Å². The Balaban J connectivity index is 1.71. The number of para-hydroxylation sites is 1. The van der Waals surface area contributed by atoms with Crippen LogP contribution >= 0.6 is 24.0 Å². The number of rotatable bonds is 8. The summed E-state index contributed by atoms with van der Waals surface area (Å²) in [4.78, 5) is 25.7. The van der Waals surface area contributed by atoms with E-state index in [-0.39, 0.29) is 18.9 Å². The van der Waals surface area contributed by atoms with Crippen LogP contribution in [0.15, 0.2) is 65.7 Å². The average molecular weight is 480 g/mol. The van der Waals surface area contributed by atoms with Crippen molar-refractivity contribution < 1.29 is 19.4 Å². The minimum absolute atomic E-state index is 0.0139. The maximum absolute atomic E-state index is 13.0. The van der Waals surface area contributed by atoms with Crippen LogP contribution in [0.4, 0.5) is 0 Å². The van der Waals surface area contributed by atoms with Crippen molar-refractivity contribution in [1.82, 2.24) is 14.7 Å². The molecular formula is C24H21N3O4S2. The molecule has 4 rings (SSSR count). The zero-order chi connectivity index (χ0) is 23.4. The first-order valence-electron chi connectivity index (χ1n) is 10.2. The lowest BCUT2D eigenvalue weighted by Gasteiger charge is -2.13. The lowest BCUT2D eigenvalue weighted by Crippen LogP contribution is -2.29. The van der Waals surface area contributed by atoms with Gasteiger partial charge in [-0.2, -0.15) is 5.10 Å². The van der Waals surface area contributed by atoms with Crippen molar-refractivity contribution in [2.45, 2.75) is 12.8 Å². The third-order valence-corrected chi connectivity index (χ3v) is 6.42. The van der Waals surface area contributed by atoms with Gasteiger partial charge in [-0.25, -0.2) is 4.68 Å². The summed E-state index contributed by atoms with van der Waals surface area (Å²) >= 11 is 6.59. The van der Waals surface area contributed by atoms with Gasteiger partial charge in [-0.1, -0.05) is 54.3 Å². The number of hydrogen-bond donors (Lipinski definition) is 1. The Bertz CT molecular complexity index is 1240. The predicted octanol–water partition coefficient (Wildman–Crippen LogP) is 4.61. The molecule has 1 N–H and O–H groups in total. The van der Waals surface area contributed by atoms with Crippen LogP contribution in [0.1, 0.15) is 18.4 Å². The van der Waals surface area contributed by atoms with E-state index in [1.807, 2.05) is 60.8 Å². The smallest absolute Gasteiger partial charge is 0.303 e. The number of thiocarbonyl (C=S) groups is 1. The third-order valence-electron chi connectivity index (χ3n) is 5.04. The lowest BCUT2D eigenvalue weighted by molar-refractivity contribution is -0.137. The number of carboxylic acids is 1. The van der Waals surface area contributed by atoms with Crippen molar-refractivity contribution in [2.24, 2.45) is 0 Å². The van der Waals surface area contributed by atoms with Gasteiger partial charge in [-0.05, 0) is 36.8 Å². The molecule has 2 aromatic carbocycles. The summed E-state index contributed by atoms with van der Waals surface area (Å²) < 4.78 is 7.56. The molecule has 1 saturated heterocycles. The van der Waals surface area contributed by atoms with E-state index < -0.39 is 5.97 Å². The summed E-state index contributed by atoms with van der Waals surface area (Å²) in [7, 11) is 1.61. The number of carbonyl (C=O) groups excluding carboxylic acids is 1. The fourth-order valence-electron chi connectivity index (χ4n) is 3.42. The molecule has 0 unspecified atom stereocenters. The van der Waals surface area contributed by atoms with E-state index in [4.69, 9.17) is 27.2 Å². The molecule has 1 aliphatic heterocycles. The number of aromatic nitrogens is 2. The molecule has 0 atom stereocenters. The molecule has 0 radical (unpaired) electrons. The molecule has 1 aromatic heterocycles. The number of thioether (sulfide) groups is 1. The van der Waals surface area contributed by atoms with Crippen LogP contribution in [-0.2, 0) is 9.59 Å². The van der Waals surface area contributed by atoms with Crippen molar-refractivity contribution in [1.29, 1.82) is 0 Å². The van der Waals surface area contributed by atoms with Gasteiger partial charge in [0.05, 0.1) is 17.7 Å². The zero-order valence-electron chi connectivity index (χ0n) is 17.8. The molecule has 33 heavy (non-hydrogen) atoms. The molecular weight excluding hydrogens is 458 g/mol. The van der Waals surface area contributed by atoms with Crippen LogP contribution in [0.2, 0.25) is 0 Å². The molecule has 0 aliphatic carbocycles. The monoisotopic (exact) mass is 479 g/mol. The molecule has 9 heteroatoms. The second-order valence-corrected chi connectivity index (χ2v) is 8.95. The highest BCUT2D eigenvalue weighted by atomic mass is 32.2. The SMILES string of the molecule is COc1cccc(-c2nn(-c3ccccc3)cc2/C=C2\SC(=S)N(CCCC(=O)O)C2=O)c1. The topological polar surface area (TPSA) is 84.7 Å². The van der Waals surface area contributed by atoms with Crippen molar-refractivity contribution in [3.8, 4) is 22.7 Å². The highest BCUT2D eigenvalue weighted by molar-refractivity contribution is 8.26. The number of aliphatic carboxylic acids is 1. The van der Waals surface area contributed by atoms with E-state index in [9.17, 15) is 9.59 Å². The molecule has 3 aromatic rings. The van der Waals surface area contributed by atoms with Gasteiger partial charge >= 0.3 is 5.97 Å². The second-order valence-electron chi connectivity index (χ2n) is 7.28. The number of amides is 1. The van der Waals surface area contributed by atoms with Gasteiger partial charge in [-0.15, -0.1) is 0 Å². The maximum atomic E-state index is 13.0. The van der Waals surface area contributed by atoms with E-state index in [2.05, 4.69) is 0 Å². The molecule has 0 bridgehead atoms. The van der Waals surface area contributed by atoms with Gasteiger partial charge in [-0.3, -0.25) is 14.5 Å². The van der Waals surface area contributed by atoms with E-state index in [0.717, 1.165) is 16.8 Å². The Morgan fingerprint density at radius 2 is 2.00 bits per heavy atom. The van der Waals surface area contributed by atoms with Gasteiger partial charge in [0.15, 0.2) is 0 Å². The first-order chi connectivity index (χ1) is 16.0. The van der Waals surface area contributed by atoms with E-state index in [1.165, 1.54) is 16.7 Å². The standard InChI is InChI=1S/C24H21N3O4S2/c1-31-19-10-5-7-16(13-19)22-17(15-27(25-22)18-8-3-2-4-9-18)14-20-23(30)26(24(32)33-20)12-6-11-21(28)29/h2-5,7-10,13-15H,6,11-12H2,1H3,(H,28,29)/b20-14-. The Hall–Kier alpha value is -3.43. The van der Waals surface area contributed by atoms with Gasteiger partial charge in [0.25, 0.3) is 5.91 Å². The van der Waals surface area contributed by atoms with Gasteiger partial charge in [0.2, 0.25) is 0 Å². The maximum Gasteiger partial charge on any atom is 0.303 e. The fraction of sp³-hybridized carbons (Fsp3) is 0.167. The summed E-state index contributed by atoms with van der Waals surface area (Å²) in [6.07, 6.45) is 3.99. The Morgan fingerprint density at radius 1 is 1.21 bits per heavy atom. The van der Waals surface area contributed by atoms with Gasteiger partial charge in [0, 0.05) is 30.3 Å². The number of carbonyl (C=O) groups is 2. The van der Waals surface area contributed by atoms with Gasteiger partial charge < -0.3 is 9.84 Å². The molecule has 1 amide bonds. The molecule has 2 heterocycles. The summed E-state index contributed by atoms with van der Waals surface area (Å²) in [6, 6.07) is 17.3. The van der Waals surface area contributed by atoms with E-state index in [0.29, 0.717) is 27.1 Å². The highest BCUT2D eigenvalue weighted by Crippen LogP contribution is 2.35. The zero-order valence-corrected chi connectivity index (χ0v) is 19.4. The average Bonchev–Trinajstić information content (AvgIpc) is 3.36. The Labute approximate surface area is 200 Å². The predicted molar refractivity (Wildman–Crippen MR) is 132 cm³/mol. The van der Waals surface area contributed by atoms with E-state index in [1.54, 1.807) is 17.9 Å². The molecule has 1 aliphatic rings. The second kappa shape index (κ2) is 10.0. The normalized spacial score (nSPS) is 14.8. The quantitative estimate of drug-likeness (QED) is 0.373. The van der Waals surface area contributed by atoms with Crippen LogP contribution < -0.4 is 4.74 Å².